The van der Waals surface area contributed by atoms with Gasteiger partial charge in [0.25, 0.3) is 0 Å². The number of hydrogen-bond acceptors (Lipinski definition) is 2. The molecule has 0 aliphatic rings. The molecule has 0 saturated heterocycles. The Morgan fingerprint density at radius 2 is 1.00 bits per heavy atom. The van der Waals surface area contributed by atoms with Gasteiger partial charge in [0, 0.05) is 12.6 Å². The van der Waals surface area contributed by atoms with Crippen LogP contribution in [0.5, 0.6) is 0 Å². The SMILES string of the molecule is CC(C)(CNC(CO)C(C)(C)CC(C)(C)C(C)(C)C)CC(C)(C)C(C)(C)C. The summed E-state index contributed by atoms with van der Waals surface area (Å²) in [5.74, 6) is 0. The number of rotatable bonds is 9. The van der Waals surface area contributed by atoms with E-state index in [0.717, 1.165) is 19.4 Å². The smallest absolute Gasteiger partial charge is 0.0589 e. The van der Waals surface area contributed by atoms with E-state index in [4.69, 9.17) is 0 Å². The van der Waals surface area contributed by atoms with Crippen LogP contribution in [0.15, 0.2) is 0 Å². The maximum atomic E-state index is 10.2. The van der Waals surface area contributed by atoms with E-state index in [1.54, 1.807) is 0 Å². The van der Waals surface area contributed by atoms with Crippen LogP contribution in [-0.2, 0) is 0 Å². The van der Waals surface area contributed by atoms with E-state index in [2.05, 4.69) is 102 Å². The van der Waals surface area contributed by atoms with Gasteiger partial charge < -0.3 is 10.4 Å². The Hall–Kier alpha value is -0.0800. The van der Waals surface area contributed by atoms with Gasteiger partial charge in [0.15, 0.2) is 0 Å². The fourth-order valence-electron chi connectivity index (χ4n) is 4.04. The van der Waals surface area contributed by atoms with Crippen molar-refractivity contribution < 1.29 is 5.11 Å². The summed E-state index contributed by atoms with van der Waals surface area (Å²) in [6.45, 7) is 33.9. The molecule has 2 N–H and O–H groups in total. The Morgan fingerprint density at radius 1 is 0.630 bits per heavy atom. The van der Waals surface area contributed by atoms with E-state index < -0.39 is 0 Å². The van der Waals surface area contributed by atoms with E-state index in [1.807, 2.05) is 0 Å². The van der Waals surface area contributed by atoms with Crippen LogP contribution >= 0.6 is 0 Å². The van der Waals surface area contributed by atoms with Crippen LogP contribution in [0.1, 0.15) is 110 Å². The van der Waals surface area contributed by atoms with Crippen molar-refractivity contribution in [3.8, 4) is 0 Å². The summed E-state index contributed by atoms with van der Waals surface area (Å²) in [6.07, 6.45) is 2.23. The van der Waals surface area contributed by atoms with E-state index in [-0.39, 0.29) is 45.1 Å². The molecule has 0 saturated carbocycles. The average molecular weight is 384 g/mol. The van der Waals surface area contributed by atoms with Crippen molar-refractivity contribution in [1.82, 2.24) is 5.32 Å². The highest BCUT2D eigenvalue weighted by atomic mass is 16.3. The lowest BCUT2D eigenvalue weighted by Crippen LogP contribution is -2.51. The third-order valence-electron chi connectivity index (χ3n) is 7.83. The highest BCUT2D eigenvalue weighted by Crippen LogP contribution is 2.48. The van der Waals surface area contributed by atoms with E-state index >= 15 is 0 Å². The largest absolute Gasteiger partial charge is 0.395 e. The van der Waals surface area contributed by atoms with Crippen LogP contribution in [0.25, 0.3) is 0 Å². The second kappa shape index (κ2) is 8.34. The third kappa shape index (κ3) is 7.69. The summed E-state index contributed by atoms with van der Waals surface area (Å²) in [5.41, 5.74) is 1.18. The number of nitrogens with one attached hydrogen (secondary N) is 1. The molecular formula is C25H53NO. The predicted octanol–water partition coefficient (Wildman–Crippen LogP) is 6.91. The molecule has 0 aromatic heterocycles. The predicted molar refractivity (Wildman–Crippen MR) is 122 cm³/mol. The minimum Gasteiger partial charge on any atom is -0.395 e. The standard InChI is InChI=1S/C25H53NO/c1-20(2,3)24(11,12)16-22(7,8)18-26-19(15-27)23(9,10)17-25(13,14)21(4,5)6/h19,26-27H,15-18H2,1-14H3. The van der Waals surface area contributed by atoms with Crippen molar-refractivity contribution in [3.63, 3.8) is 0 Å². The Kier molecular flexibility index (Phi) is 8.32. The van der Waals surface area contributed by atoms with Gasteiger partial charge in [-0.3, -0.25) is 0 Å². The molecule has 0 aromatic carbocycles. The molecule has 1 atom stereocenters. The van der Waals surface area contributed by atoms with Crippen molar-refractivity contribution in [2.75, 3.05) is 13.2 Å². The number of aliphatic hydroxyl groups is 1. The monoisotopic (exact) mass is 383 g/mol. The second-order valence-electron chi connectivity index (χ2n) is 13.9. The van der Waals surface area contributed by atoms with Crippen LogP contribution in [-0.4, -0.2) is 24.3 Å². The van der Waals surface area contributed by atoms with E-state index in [9.17, 15) is 5.11 Å². The van der Waals surface area contributed by atoms with Crippen molar-refractivity contribution in [2.45, 2.75) is 116 Å². The first kappa shape index (κ1) is 26.9. The molecule has 2 nitrogen and oxygen atoms in total. The van der Waals surface area contributed by atoms with Gasteiger partial charge in [-0.25, -0.2) is 0 Å². The summed E-state index contributed by atoms with van der Waals surface area (Å²) in [7, 11) is 0. The fourth-order valence-corrected chi connectivity index (χ4v) is 4.04. The number of aliphatic hydroxyl groups excluding tert-OH is 1. The zero-order chi connectivity index (χ0) is 22.1. The molecule has 0 fully saturated rings. The van der Waals surface area contributed by atoms with E-state index in [0.29, 0.717) is 0 Å². The second-order valence-corrected chi connectivity index (χ2v) is 13.9. The Morgan fingerprint density at radius 3 is 1.33 bits per heavy atom. The summed E-state index contributed by atoms with van der Waals surface area (Å²) < 4.78 is 0. The van der Waals surface area contributed by atoms with Gasteiger partial charge in [0.2, 0.25) is 0 Å². The van der Waals surface area contributed by atoms with Gasteiger partial charge in [-0.15, -0.1) is 0 Å². The summed E-state index contributed by atoms with van der Waals surface area (Å²) >= 11 is 0. The van der Waals surface area contributed by atoms with Crippen LogP contribution in [0, 0.1) is 32.5 Å². The molecular weight excluding hydrogens is 330 g/mol. The lowest BCUT2D eigenvalue weighted by atomic mass is 9.60. The first-order valence-corrected chi connectivity index (χ1v) is 10.9. The zero-order valence-electron chi connectivity index (χ0n) is 21.4. The van der Waals surface area contributed by atoms with Crippen LogP contribution in [0.4, 0.5) is 0 Å². The summed E-state index contributed by atoms with van der Waals surface area (Å²) in [5, 5.41) is 13.9. The third-order valence-corrected chi connectivity index (χ3v) is 7.83. The quantitative estimate of drug-likeness (QED) is 0.453. The Balaban J connectivity index is 5.17. The van der Waals surface area contributed by atoms with Crippen LogP contribution < -0.4 is 5.32 Å². The van der Waals surface area contributed by atoms with Crippen molar-refractivity contribution in [2.24, 2.45) is 32.5 Å². The van der Waals surface area contributed by atoms with Crippen molar-refractivity contribution in [3.05, 3.63) is 0 Å². The molecule has 0 aliphatic carbocycles. The van der Waals surface area contributed by atoms with Crippen LogP contribution in [0.2, 0.25) is 0 Å². The minimum atomic E-state index is 0.0289. The number of hydrogen-bond donors (Lipinski definition) is 2. The maximum Gasteiger partial charge on any atom is 0.0589 e. The molecule has 0 amide bonds. The normalized spacial score (nSPS) is 16.6. The topological polar surface area (TPSA) is 32.3 Å². The molecule has 2 heteroatoms. The van der Waals surface area contributed by atoms with Gasteiger partial charge >= 0.3 is 0 Å². The fraction of sp³-hybridized carbons (Fsp3) is 1.00. The van der Waals surface area contributed by atoms with Gasteiger partial charge in [0.05, 0.1) is 6.61 Å². The Labute approximate surface area is 172 Å². The summed E-state index contributed by atoms with van der Waals surface area (Å²) in [6, 6.07) is 0.108. The molecule has 0 spiro atoms. The molecule has 0 heterocycles. The maximum absolute atomic E-state index is 10.2. The molecule has 0 radical (unpaired) electrons. The highest BCUT2D eigenvalue weighted by Gasteiger charge is 2.42. The first-order valence-electron chi connectivity index (χ1n) is 10.9. The molecule has 0 aromatic rings. The minimum absolute atomic E-state index is 0.0289. The molecule has 27 heavy (non-hydrogen) atoms. The summed E-state index contributed by atoms with van der Waals surface area (Å²) in [4.78, 5) is 0. The molecule has 0 aliphatic heterocycles. The van der Waals surface area contributed by atoms with Gasteiger partial charge in [0.1, 0.15) is 0 Å². The average Bonchev–Trinajstić information content (AvgIpc) is 2.33. The molecule has 0 bridgehead atoms. The van der Waals surface area contributed by atoms with Gasteiger partial charge in [-0.05, 0) is 45.3 Å². The lowest BCUT2D eigenvalue weighted by Gasteiger charge is -2.48. The first-order chi connectivity index (χ1) is 11.6. The van der Waals surface area contributed by atoms with Gasteiger partial charge in [-0.1, -0.05) is 96.9 Å². The molecule has 0 rings (SSSR count). The lowest BCUT2D eigenvalue weighted by molar-refractivity contribution is 0.0259. The van der Waals surface area contributed by atoms with Crippen molar-refractivity contribution >= 4 is 0 Å². The molecule has 164 valence electrons. The highest BCUT2D eigenvalue weighted by molar-refractivity contribution is 4.95. The molecule has 1 unspecified atom stereocenters. The Bertz CT molecular complexity index is 458. The van der Waals surface area contributed by atoms with Crippen molar-refractivity contribution in [1.29, 1.82) is 0 Å². The zero-order valence-corrected chi connectivity index (χ0v) is 21.4. The van der Waals surface area contributed by atoms with Crippen LogP contribution in [0.3, 0.4) is 0 Å². The van der Waals surface area contributed by atoms with E-state index in [1.165, 1.54) is 0 Å². The van der Waals surface area contributed by atoms with Gasteiger partial charge in [-0.2, -0.15) is 0 Å².